The highest BCUT2D eigenvalue weighted by Crippen LogP contribution is 2.35. The van der Waals surface area contributed by atoms with E-state index in [4.69, 9.17) is 9.47 Å². The van der Waals surface area contributed by atoms with Crippen LogP contribution in [0.4, 0.5) is 0 Å². The Kier molecular flexibility index (Phi) is 4.56. The van der Waals surface area contributed by atoms with Gasteiger partial charge in [0, 0.05) is 64.0 Å². The van der Waals surface area contributed by atoms with Crippen molar-refractivity contribution >= 4 is 5.91 Å². The molecule has 24 heavy (non-hydrogen) atoms. The average molecular weight is 334 g/mol. The third-order valence-electron chi connectivity index (χ3n) is 5.75. The summed E-state index contributed by atoms with van der Waals surface area (Å²) in [6.07, 6.45) is 4.22. The molecule has 0 unspecified atom stereocenters. The van der Waals surface area contributed by atoms with E-state index in [9.17, 15) is 4.79 Å². The Balaban J connectivity index is 1.31. The molecular weight excluding hydrogens is 308 g/mol. The van der Waals surface area contributed by atoms with Crippen molar-refractivity contribution in [3.05, 3.63) is 18.0 Å². The second-order valence-electron chi connectivity index (χ2n) is 7.14. The van der Waals surface area contributed by atoms with Crippen LogP contribution in [-0.2, 0) is 16.5 Å². The summed E-state index contributed by atoms with van der Waals surface area (Å²) < 4.78 is 13.1. The first kappa shape index (κ1) is 16.1. The minimum absolute atomic E-state index is 0.0577. The van der Waals surface area contributed by atoms with Gasteiger partial charge in [0.15, 0.2) is 0 Å². The van der Waals surface area contributed by atoms with Crippen molar-refractivity contribution in [2.24, 2.45) is 18.9 Å². The van der Waals surface area contributed by atoms with Crippen molar-refractivity contribution in [1.29, 1.82) is 0 Å². The fourth-order valence-corrected chi connectivity index (χ4v) is 4.30. The van der Waals surface area contributed by atoms with Gasteiger partial charge in [0.05, 0.1) is 12.7 Å². The number of likely N-dealkylation sites (tertiary alicyclic amines) is 1. The summed E-state index contributed by atoms with van der Waals surface area (Å²) in [6, 6.07) is 2.38. The molecule has 7 nitrogen and oxygen atoms in total. The Labute approximate surface area is 142 Å². The molecule has 3 aliphatic heterocycles. The number of aromatic nitrogens is 2. The van der Waals surface area contributed by atoms with E-state index >= 15 is 0 Å². The van der Waals surface area contributed by atoms with Crippen LogP contribution in [0.1, 0.15) is 23.3 Å². The topological polar surface area (TPSA) is 68.6 Å². The second kappa shape index (κ2) is 6.82. The van der Waals surface area contributed by atoms with Crippen molar-refractivity contribution in [1.82, 2.24) is 20.0 Å². The third kappa shape index (κ3) is 3.08. The predicted octanol–water partition coefficient (Wildman–Crippen LogP) is 0.276. The molecule has 3 aliphatic rings. The van der Waals surface area contributed by atoms with E-state index in [1.54, 1.807) is 24.0 Å². The molecule has 0 saturated carbocycles. The van der Waals surface area contributed by atoms with Gasteiger partial charge in [0.25, 0.3) is 5.91 Å². The summed E-state index contributed by atoms with van der Waals surface area (Å²) in [5.74, 6) is 0.870. The van der Waals surface area contributed by atoms with Crippen LogP contribution >= 0.6 is 0 Å². The second-order valence-corrected chi connectivity index (χ2v) is 7.14. The smallest absolute Gasteiger partial charge is 0.269 e. The summed E-state index contributed by atoms with van der Waals surface area (Å²) in [4.78, 5) is 14.8. The summed E-state index contributed by atoms with van der Waals surface area (Å²) in [6.45, 7) is 5.29. The van der Waals surface area contributed by atoms with Gasteiger partial charge in [0.2, 0.25) is 0 Å². The van der Waals surface area contributed by atoms with Gasteiger partial charge < -0.3 is 14.8 Å². The van der Waals surface area contributed by atoms with E-state index in [0.717, 1.165) is 45.8 Å². The van der Waals surface area contributed by atoms with Crippen molar-refractivity contribution in [2.75, 3.05) is 39.5 Å². The summed E-state index contributed by atoms with van der Waals surface area (Å²) in [7, 11) is 1.78. The molecule has 0 spiro atoms. The fourth-order valence-electron chi connectivity index (χ4n) is 4.30. The van der Waals surface area contributed by atoms with Gasteiger partial charge in [0.1, 0.15) is 5.69 Å². The molecule has 7 heteroatoms. The molecular formula is C17H26N4O3. The lowest BCUT2D eigenvalue weighted by atomic mass is 9.93. The van der Waals surface area contributed by atoms with E-state index in [1.807, 2.05) is 0 Å². The number of fused-ring (bicyclic) bond motifs is 1. The summed E-state index contributed by atoms with van der Waals surface area (Å²) >= 11 is 0. The number of nitrogens with zero attached hydrogens (tertiary/aromatic N) is 3. The predicted molar refractivity (Wildman–Crippen MR) is 87.7 cm³/mol. The monoisotopic (exact) mass is 334 g/mol. The number of nitrogens with one attached hydrogen (secondary N) is 1. The molecule has 132 valence electrons. The lowest BCUT2D eigenvalue weighted by Gasteiger charge is -2.31. The fraction of sp³-hybridized carbons (Fsp3) is 0.765. The Bertz CT molecular complexity index is 584. The molecule has 0 aliphatic carbocycles. The van der Waals surface area contributed by atoms with Gasteiger partial charge in [-0.25, -0.2) is 0 Å². The molecule has 1 aromatic heterocycles. The average Bonchev–Trinajstić information content (AvgIpc) is 3.29. The molecule has 1 aromatic rings. The lowest BCUT2D eigenvalue weighted by molar-refractivity contribution is 0.0284. The van der Waals surface area contributed by atoms with Crippen LogP contribution in [0.2, 0.25) is 0 Å². The highest BCUT2D eigenvalue weighted by Gasteiger charge is 2.45. The zero-order valence-electron chi connectivity index (χ0n) is 14.2. The molecule has 1 amide bonds. The molecule has 0 bridgehead atoms. The van der Waals surface area contributed by atoms with Gasteiger partial charge in [-0.1, -0.05) is 0 Å². The third-order valence-corrected chi connectivity index (χ3v) is 5.75. The van der Waals surface area contributed by atoms with Gasteiger partial charge in [-0.3, -0.25) is 14.4 Å². The molecule has 1 N–H and O–H groups in total. The quantitative estimate of drug-likeness (QED) is 0.856. The van der Waals surface area contributed by atoms with Gasteiger partial charge in [-0.15, -0.1) is 0 Å². The maximum Gasteiger partial charge on any atom is 0.269 e. The zero-order chi connectivity index (χ0) is 16.5. The van der Waals surface area contributed by atoms with Crippen LogP contribution in [0.25, 0.3) is 0 Å². The molecule has 0 aromatic carbocycles. The van der Waals surface area contributed by atoms with E-state index in [0.29, 0.717) is 36.2 Å². The van der Waals surface area contributed by atoms with Crippen LogP contribution in [0.15, 0.2) is 12.3 Å². The number of hydrogen-bond donors (Lipinski definition) is 1. The molecule has 3 saturated heterocycles. The molecule has 4 heterocycles. The largest absolute Gasteiger partial charge is 0.381 e. The lowest BCUT2D eigenvalue weighted by Crippen LogP contribution is -2.40. The maximum atomic E-state index is 12.3. The van der Waals surface area contributed by atoms with Crippen LogP contribution < -0.4 is 5.32 Å². The van der Waals surface area contributed by atoms with Gasteiger partial charge >= 0.3 is 0 Å². The van der Waals surface area contributed by atoms with Crippen LogP contribution in [-0.4, -0.2) is 72.2 Å². The van der Waals surface area contributed by atoms with E-state index in [-0.39, 0.29) is 5.91 Å². The van der Waals surface area contributed by atoms with E-state index in [1.165, 1.54) is 0 Å². The first-order valence-corrected chi connectivity index (χ1v) is 8.92. The van der Waals surface area contributed by atoms with E-state index < -0.39 is 0 Å². The minimum Gasteiger partial charge on any atom is -0.381 e. The molecule has 3 atom stereocenters. The normalized spacial score (nSPS) is 31.3. The van der Waals surface area contributed by atoms with Crippen LogP contribution in [0, 0.1) is 11.8 Å². The Morgan fingerprint density at radius 1 is 1.38 bits per heavy atom. The van der Waals surface area contributed by atoms with Gasteiger partial charge in [-0.2, -0.15) is 5.10 Å². The standard InChI is InChI=1S/C17H26N4O3/c1-20-15(2-5-19-20)17(22)18-8-12-11-24-16-10-21(9-14(12)16)13-3-6-23-7-4-13/h2,5,12-14,16H,3-4,6-11H2,1H3,(H,18,22)/t12-,14+,16+/m1/s1. The highest BCUT2D eigenvalue weighted by molar-refractivity contribution is 5.92. The van der Waals surface area contributed by atoms with Crippen LogP contribution in [0.5, 0.6) is 0 Å². The van der Waals surface area contributed by atoms with Crippen molar-refractivity contribution in [2.45, 2.75) is 25.0 Å². The number of rotatable bonds is 4. The molecule has 0 radical (unpaired) electrons. The van der Waals surface area contributed by atoms with Crippen molar-refractivity contribution in [3.8, 4) is 0 Å². The summed E-state index contributed by atoms with van der Waals surface area (Å²) in [5.41, 5.74) is 0.598. The molecule has 4 rings (SSSR count). The number of carbonyl (C=O) groups excluding carboxylic acids is 1. The van der Waals surface area contributed by atoms with Crippen LogP contribution in [0.3, 0.4) is 0 Å². The number of ether oxygens (including phenoxy) is 2. The highest BCUT2D eigenvalue weighted by atomic mass is 16.5. The Morgan fingerprint density at radius 3 is 2.96 bits per heavy atom. The minimum atomic E-state index is -0.0577. The maximum absolute atomic E-state index is 12.3. The SMILES string of the molecule is Cn1nccc1C(=O)NC[C@@H]1CO[C@H]2CN(C3CCOCC3)C[C@@H]12. The van der Waals surface area contributed by atoms with Crippen molar-refractivity contribution in [3.63, 3.8) is 0 Å². The van der Waals surface area contributed by atoms with E-state index in [2.05, 4.69) is 15.3 Å². The Morgan fingerprint density at radius 2 is 2.21 bits per heavy atom. The Hall–Kier alpha value is -1.44. The number of hydrogen-bond acceptors (Lipinski definition) is 5. The van der Waals surface area contributed by atoms with Gasteiger partial charge in [-0.05, 0) is 18.9 Å². The number of amides is 1. The number of aryl methyl sites for hydroxylation is 1. The first-order chi connectivity index (χ1) is 11.7. The zero-order valence-corrected chi connectivity index (χ0v) is 14.2. The number of carbonyl (C=O) groups is 1. The summed E-state index contributed by atoms with van der Waals surface area (Å²) in [5, 5.41) is 7.10. The first-order valence-electron chi connectivity index (χ1n) is 8.92. The van der Waals surface area contributed by atoms with Crippen molar-refractivity contribution < 1.29 is 14.3 Å². The molecule has 3 fully saturated rings.